The van der Waals surface area contributed by atoms with Crippen molar-refractivity contribution in [3.05, 3.63) is 75.9 Å². The minimum absolute atomic E-state index is 0.0461. The molecule has 1 N–H and O–H groups in total. The molecule has 2 aromatic heterocycles. The lowest BCUT2D eigenvalue weighted by Crippen LogP contribution is -2.43. The quantitative estimate of drug-likeness (QED) is 0.483. The summed E-state index contributed by atoms with van der Waals surface area (Å²) >= 11 is 6.35. The van der Waals surface area contributed by atoms with Crippen LogP contribution in [0.4, 0.5) is 10.2 Å². The van der Waals surface area contributed by atoms with Gasteiger partial charge in [0.05, 0.1) is 11.2 Å². The van der Waals surface area contributed by atoms with Crippen LogP contribution in [0.5, 0.6) is 0 Å². The van der Waals surface area contributed by atoms with E-state index >= 15 is 0 Å². The van der Waals surface area contributed by atoms with Crippen molar-refractivity contribution in [1.82, 2.24) is 19.7 Å². The van der Waals surface area contributed by atoms with Gasteiger partial charge in [-0.15, -0.1) is 0 Å². The van der Waals surface area contributed by atoms with Gasteiger partial charge in [-0.3, -0.25) is 14.3 Å². The number of benzene rings is 1. The monoisotopic (exact) mass is 521 g/mol. The van der Waals surface area contributed by atoms with Crippen molar-refractivity contribution in [2.24, 2.45) is 11.8 Å². The molecule has 0 bridgehead atoms. The number of hydrogen-bond donors (Lipinski definition) is 1. The van der Waals surface area contributed by atoms with Crippen molar-refractivity contribution in [2.75, 3.05) is 18.4 Å². The van der Waals surface area contributed by atoms with Crippen molar-refractivity contribution in [1.29, 1.82) is 0 Å². The summed E-state index contributed by atoms with van der Waals surface area (Å²) in [5, 5.41) is 7.41. The van der Waals surface area contributed by atoms with Crippen LogP contribution in [0.15, 0.2) is 42.7 Å². The van der Waals surface area contributed by atoms with Crippen LogP contribution in [0.3, 0.4) is 0 Å². The smallest absolute Gasteiger partial charge is 0.276 e. The predicted octanol–water partition coefficient (Wildman–Crippen LogP) is 4.93. The van der Waals surface area contributed by atoms with Crippen molar-refractivity contribution in [3.8, 4) is 11.8 Å². The van der Waals surface area contributed by atoms with E-state index in [1.807, 2.05) is 31.7 Å². The first-order valence-electron chi connectivity index (χ1n) is 12.3. The SMILES string of the molecule is Cc1cc(C#Cc2ccc(F)cc2)cnc1NC(=O)c1c(Cl)cnn1CC1CCCN(C(=O)C(C)C)C1. The number of halogens is 2. The lowest BCUT2D eigenvalue weighted by atomic mass is 9.97. The molecule has 1 aliphatic heterocycles. The Bertz CT molecular complexity index is 1360. The lowest BCUT2D eigenvalue weighted by Gasteiger charge is -2.34. The molecular weight excluding hydrogens is 493 g/mol. The van der Waals surface area contributed by atoms with E-state index in [1.54, 1.807) is 23.0 Å². The third-order valence-electron chi connectivity index (χ3n) is 6.27. The first-order valence-corrected chi connectivity index (χ1v) is 12.6. The molecule has 1 aliphatic rings. The van der Waals surface area contributed by atoms with Crippen LogP contribution in [-0.2, 0) is 11.3 Å². The molecule has 0 aliphatic carbocycles. The molecule has 3 heterocycles. The summed E-state index contributed by atoms with van der Waals surface area (Å²) < 4.78 is 14.7. The van der Waals surface area contributed by atoms with Crippen molar-refractivity contribution in [2.45, 2.75) is 40.2 Å². The molecule has 0 saturated carbocycles. The highest BCUT2D eigenvalue weighted by molar-refractivity contribution is 6.34. The summed E-state index contributed by atoms with van der Waals surface area (Å²) in [6.07, 6.45) is 4.89. The maximum atomic E-state index is 13.2. The van der Waals surface area contributed by atoms with E-state index in [0.717, 1.165) is 24.9 Å². The molecule has 1 saturated heterocycles. The maximum Gasteiger partial charge on any atom is 0.276 e. The molecule has 3 aromatic rings. The Labute approximate surface area is 221 Å². The van der Waals surface area contributed by atoms with Crippen LogP contribution >= 0.6 is 11.6 Å². The van der Waals surface area contributed by atoms with Gasteiger partial charge in [-0.05, 0) is 61.6 Å². The number of anilines is 1. The summed E-state index contributed by atoms with van der Waals surface area (Å²) in [5.74, 6) is 5.92. The number of likely N-dealkylation sites (tertiary alicyclic amines) is 1. The van der Waals surface area contributed by atoms with E-state index in [9.17, 15) is 14.0 Å². The average Bonchev–Trinajstić information content (AvgIpc) is 3.24. The Morgan fingerprint density at radius 1 is 1.19 bits per heavy atom. The van der Waals surface area contributed by atoms with Crippen molar-refractivity contribution in [3.63, 3.8) is 0 Å². The van der Waals surface area contributed by atoms with Crippen LogP contribution < -0.4 is 5.32 Å². The number of carbonyl (C=O) groups excluding carboxylic acids is 2. The molecule has 192 valence electrons. The number of rotatable bonds is 5. The van der Waals surface area contributed by atoms with E-state index in [4.69, 9.17) is 11.6 Å². The molecule has 1 unspecified atom stereocenters. The number of pyridine rings is 1. The predicted molar refractivity (Wildman–Crippen MR) is 141 cm³/mol. The number of carbonyl (C=O) groups is 2. The molecule has 2 amide bonds. The van der Waals surface area contributed by atoms with Gasteiger partial charge in [-0.2, -0.15) is 5.10 Å². The molecule has 4 rings (SSSR count). The Morgan fingerprint density at radius 3 is 2.62 bits per heavy atom. The van der Waals surface area contributed by atoms with Crippen LogP contribution in [-0.4, -0.2) is 44.6 Å². The summed E-state index contributed by atoms with van der Waals surface area (Å²) in [5.41, 5.74) is 2.35. The van der Waals surface area contributed by atoms with E-state index in [2.05, 4.69) is 27.2 Å². The summed E-state index contributed by atoms with van der Waals surface area (Å²) in [6.45, 7) is 7.52. The van der Waals surface area contributed by atoms with Gasteiger partial charge in [0.1, 0.15) is 17.3 Å². The molecule has 1 fully saturated rings. The fourth-order valence-electron chi connectivity index (χ4n) is 4.37. The summed E-state index contributed by atoms with van der Waals surface area (Å²) in [6, 6.07) is 7.75. The molecule has 1 atom stereocenters. The number of nitrogens with zero attached hydrogens (tertiary/aromatic N) is 4. The molecule has 9 heteroatoms. The Kier molecular flexibility index (Phi) is 8.24. The lowest BCUT2D eigenvalue weighted by molar-refractivity contribution is -0.136. The van der Waals surface area contributed by atoms with Crippen LogP contribution in [0.2, 0.25) is 5.02 Å². The van der Waals surface area contributed by atoms with Gasteiger partial charge in [0.15, 0.2) is 0 Å². The van der Waals surface area contributed by atoms with Gasteiger partial charge in [0, 0.05) is 42.9 Å². The number of piperidine rings is 1. The molecule has 37 heavy (non-hydrogen) atoms. The molecular formula is C28H29ClFN5O2. The van der Waals surface area contributed by atoms with Gasteiger partial charge in [-0.25, -0.2) is 9.37 Å². The van der Waals surface area contributed by atoms with Crippen molar-refractivity contribution >= 4 is 29.2 Å². The zero-order valence-corrected chi connectivity index (χ0v) is 21.8. The summed E-state index contributed by atoms with van der Waals surface area (Å²) in [7, 11) is 0. The minimum atomic E-state index is -0.408. The second kappa shape index (κ2) is 11.6. The maximum absolute atomic E-state index is 13.2. The fraction of sp³-hybridized carbons (Fsp3) is 0.357. The van der Waals surface area contributed by atoms with E-state index in [1.165, 1.54) is 18.3 Å². The minimum Gasteiger partial charge on any atom is -0.342 e. The Hall–Kier alpha value is -3.70. The summed E-state index contributed by atoms with van der Waals surface area (Å²) in [4.78, 5) is 31.9. The average molecular weight is 522 g/mol. The topological polar surface area (TPSA) is 80.1 Å². The van der Waals surface area contributed by atoms with E-state index in [0.29, 0.717) is 30.0 Å². The largest absolute Gasteiger partial charge is 0.342 e. The Balaban J connectivity index is 1.45. The number of aromatic nitrogens is 3. The van der Waals surface area contributed by atoms with Crippen LogP contribution in [0.1, 0.15) is 53.9 Å². The number of hydrogen-bond acceptors (Lipinski definition) is 4. The highest BCUT2D eigenvalue weighted by Gasteiger charge is 2.27. The highest BCUT2D eigenvalue weighted by atomic mass is 35.5. The van der Waals surface area contributed by atoms with Crippen LogP contribution in [0, 0.1) is 36.4 Å². The third-order valence-corrected chi connectivity index (χ3v) is 6.55. The Morgan fingerprint density at radius 2 is 1.92 bits per heavy atom. The number of amides is 2. The van der Waals surface area contributed by atoms with Crippen LogP contribution in [0.25, 0.3) is 0 Å². The number of nitrogens with one attached hydrogen (secondary N) is 1. The molecule has 0 spiro atoms. The van der Waals surface area contributed by atoms with E-state index < -0.39 is 5.91 Å². The normalized spacial score (nSPS) is 15.3. The van der Waals surface area contributed by atoms with Gasteiger partial charge < -0.3 is 10.2 Å². The molecule has 7 nitrogen and oxygen atoms in total. The first-order chi connectivity index (χ1) is 17.7. The highest BCUT2D eigenvalue weighted by Crippen LogP contribution is 2.24. The van der Waals surface area contributed by atoms with Gasteiger partial charge in [0.25, 0.3) is 5.91 Å². The van der Waals surface area contributed by atoms with E-state index in [-0.39, 0.29) is 34.3 Å². The third kappa shape index (κ3) is 6.55. The fourth-order valence-corrected chi connectivity index (χ4v) is 4.60. The van der Waals surface area contributed by atoms with Crippen molar-refractivity contribution < 1.29 is 14.0 Å². The second-order valence-corrected chi connectivity index (χ2v) is 9.98. The second-order valence-electron chi connectivity index (χ2n) is 9.57. The first kappa shape index (κ1) is 26.4. The molecule has 0 radical (unpaired) electrons. The van der Waals surface area contributed by atoms with Gasteiger partial charge in [-0.1, -0.05) is 37.3 Å². The molecule has 1 aromatic carbocycles. The number of aryl methyl sites for hydroxylation is 1. The zero-order chi connectivity index (χ0) is 26.5. The van der Waals surface area contributed by atoms with Gasteiger partial charge >= 0.3 is 0 Å². The standard InChI is InChI=1S/C28H29ClFN5O2/c1-18(2)28(37)34-12-4-5-22(16-34)17-35-25(24(29)15-32-35)27(36)33-26-19(3)13-21(14-31-26)7-6-20-8-10-23(30)11-9-20/h8-11,13-15,18,22H,4-5,12,16-17H2,1-3H3,(H,31,33,36). The van der Waals surface area contributed by atoms with Gasteiger partial charge in [0.2, 0.25) is 5.91 Å². The zero-order valence-electron chi connectivity index (χ0n) is 21.1.